The van der Waals surface area contributed by atoms with Crippen LogP contribution in [0.1, 0.15) is 24.0 Å². The molecular formula is C13H13BrFN3. The molecule has 2 rings (SSSR count). The van der Waals surface area contributed by atoms with Crippen LogP contribution in [0, 0.1) is 5.82 Å². The molecule has 2 aromatic rings. The van der Waals surface area contributed by atoms with Crippen molar-refractivity contribution in [2.24, 2.45) is 0 Å². The van der Waals surface area contributed by atoms with Crippen molar-refractivity contribution in [1.29, 1.82) is 0 Å². The fraction of sp³-hybridized carbons (Fsp3) is 0.231. The minimum Gasteiger partial charge on any atom is -0.383 e. The van der Waals surface area contributed by atoms with Crippen molar-refractivity contribution < 1.29 is 4.39 Å². The Morgan fingerprint density at radius 2 is 2.00 bits per heavy atom. The quantitative estimate of drug-likeness (QED) is 0.947. The molecule has 0 aliphatic rings. The summed E-state index contributed by atoms with van der Waals surface area (Å²) in [5.74, 6) is 0.687. The van der Waals surface area contributed by atoms with Gasteiger partial charge in [-0.15, -0.1) is 0 Å². The maximum atomic E-state index is 13.5. The zero-order valence-electron chi connectivity index (χ0n) is 9.95. The lowest BCUT2D eigenvalue weighted by atomic mass is 10.1. The fourth-order valence-corrected chi connectivity index (χ4v) is 2.15. The molecule has 0 aliphatic carbocycles. The lowest BCUT2D eigenvalue weighted by molar-refractivity contribution is 0.612. The number of nitrogens with zero attached hydrogens (tertiary/aromatic N) is 2. The number of aryl methyl sites for hydroxylation is 1. The Morgan fingerprint density at radius 3 is 2.67 bits per heavy atom. The molecule has 0 fully saturated rings. The maximum absolute atomic E-state index is 13.5. The predicted octanol–water partition coefficient (Wildman–Crippen LogP) is 3.11. The van der Waals surface area contributed by atoms with Gasteiger partial charge >= 0.3 is 0 Å². The lowest BCUT2D eigenvalue weighted by Gasteiger charge is -2.08. The summed E-state index contributed by atoms with van der Waals surface area (Å²) in [5, 5.41) is 0. The molecule has 1 heterocycles. The summed E-state index contributed by atoms with van der Waals surface area (Å²) in [6, 6.07) is 6.61. The molecule has 3 nitrogen and oxygen atoms in total. The minimum atomic E-state index is -0.249. The third-order valence-electron chi connectivity index (χ3n) is 2.63. The third kappa shape index (κ3) is 2.67. The van der Waals surface area contributed by atoms with Crippen LogP contribution >= 0.6 is 15.9 Å². The van der Waals surface area contributed by atoms with Gasteiger partial charge in [0, 0.05) is 6.42 Å². The molecule has 1 aromatic heterocycles. The molecule has 0 bridgehead atoms. The zero-order valence-corrected chi connectivity index (χ0v) is 11.5. The molecular weight excluding hydrogens is 297 g/mol. The van der Waals surface area contributed by atoms with E-state index in [1.807, 2.05) is 6.92 Å². The highest BCUT2D eigenvalue weighted by Gasteiger charge is 2.10. The smallest absolute Gasteiger partial charge is 0.141 e. The number of aromatic nitrogens is 2. The van der Waals surface area contributed by atoms with Crippen molar-refractivity contribution in [3.05, 3.63) is 51.6 Å². The van der Waals surface area contributed by atoms with Crippen molar-refractivity contribution in [2.45, 2.75) is 19.8 Å². The van der Waals surface area contributed by atoms with Crippen LogP contribution in [0.3, 0.4) is 0 Å². The molecule has 0 radical (unpaired) electrons. The Bertz CT molecular complexity index is 572. The summed E-state index contributed by atoms with van der Waals surface area (Å²) in [5.41, 5.74) is 7.21. The monoisotopic (exact) mass is 309 g/mol. The lowest BCUT2D eigenvalue weighted by Crippen LogP contribution is -2.06. The van der Waals surface area contributed by atoms with Crippen LogP contribution < -0.4 is 5.73 Å². The van der Waals surface area contributed by atoms with Crippen molar-refractivity contribution in [3.8, 4) is 0 Å². The van der Waals surface area contributed by atoms with E-state index in [4.69, 9.17) is 5.73 Å². The summed E-state index contributed by atoms with van der Waals surface area (Å²) in [4.78, 5) is 8.55. The molecule has 1 aromatic carbocycles. The molecule has 0 spiro atoms. The Kier molecular flexibility index (Phi) is 3.91. The molecule has 0 atom stereocenters. The number of nitrogen functional groups attached to an aromatic ring is 1. The van der Waals surface area contributed by atoms with Crippen LogP contribution in [0.2, 0.25) is 0 Å². The number of hydrogen-bond acceptors (Lipinski definition) is 3. The van der Waals surface area contributed by atoms with Crippen molar-refractivity contribution in [3.63, 3.8) is 0 Å². The number of rotatable bonds is 3. The summed E-state index contributed by atoms with van der Waals surface area (Å²) >= 11 is 3.35. The number of nitrogens with two attached hydrogens (primary N) is 1. The fourth-order valence-electron chi connectivity index (χ4n) is 1.69. The van der Waals surface area contributed by atoms with Gasteiger partial charge in [-0.25, -0.2) is 14.4 Å². The van der Waals surface area contributed by atoms with Crippen LogP contribution in [0.25, 0.3) is 0 Å². The summed E-state index contributed by atoms with van der Waals surface area (Å²) in [7, 11) is 0. The van der Waals surface area contributed by atoms with E-state index < -0.39 is 0 Å². The molecule has 0 saturated carbocycles. The highest BCUT2D eigenvalue weighted by atomic mass is 79.9. The van der Waals surface area contributed by atoms with Crippen LogP contribution in [-0.4, -0.2) is 9.97 Å². The first-order chi connectivity index (χ1) is 8.61. The van der Waals surface area contributed by atoms with E-state index in [1.165, 1.54) is 6.07 Å². The van der Waals surface area contributed by atoms with E-state index in [2.05, 4.69) is 25.9 Å². The standard InChI is InChI=1S/C13H13BrFN3/c1-2-10-12(14)13(16)18-11(17-10)7-8-5-3-4-6-9(8)15/h3-6H,2,7H2,1H3,(H2,16,17,18). The molecule has 2 N–H and O–H groups in total. The van der Waals surface area contributed by atoms with Gasteiger partial charge in [-0.05, 0) is 34.0 Å². The Morgan fingerprint density at radius 1 is 1.28 bits per heavy atom. The van der Waals surface area contributed by atoms with Gasteiger partial charge in [0.15, 0.2) is 0 Å². The predicted molar refractivity (Wildman–Crippen MR) is 72.7 cm³/mol. The first-order valence-electron chi connectivity index (χ1n) is 5.66. The normalized spacial score (nSPS) is 10.6. The van der Waals surface area contributed by atoms with E-state index >= 15 is 0 Å². The van der Waals surface area contributed by atoms with Crippen molar-refractivity contribution in [1.82, 2.24) is 9.97 Å². The maximum Gasteiger partial charge on any atom is 0.141 e. The number of benzene rings is 1. The van der Waals surface area contributed by atoms with Gasteiger partial charge in [0.1, 0.15) is 17.5 Å². The highest BCUT2D eigenvalue weighted by Crippen LogP contribution is 2.22. The van der Waals surface area contributed by atoms with Gasteiger partial charge in [0.05, 0.1) is 10.2 Å². The van der Waals surface area contributed by atoms with Crippen LogP contribution in [0.4, 0.5) is 10.2 Å². The van der Waals surface area contributed by atoms with Crippen LogP contribution in [0.15, 0.2) is 28.7 Å². The zero-order chi connectivity index (χ0) is 13.1. The average molecular weight is 310 g/mol. The van der Waals surface area contributed by atoms with Gasteiger partial charge in [-0.2, -0.15) is 0 Å². The summed E-state index contributed by atoms with van der Waals surface area (Å²) in [6.45, 7) is 1.99. The minimum absolute atomic E-state index is 0.249. The van der Waals surface area contributed by atoms with Crippen LogP contribution in [-0.2, 0) is 12.8 Å². The molecule has 94 valence electrons. The molecule has 0 aliphatic heterocycles. The molecule has 5 heteroatoms. The average Bonchev–Trinajstić information content (AvgIpc) is 2.36. The Hall–Kier alpha value is -1.49. The number of hydrogen-bond donors (Lipinski definition) is 1. The van der Waals surface area contributed by atoms with Crippen LogP contribution in [0.5, 0.6) is 0 Å². The second kappa shape index (κ2) is 5.44. The van der Waals surface area contributed by atoms with Gasteiger partial charge in [0.2, 0.25) is 0 Å². The first-order valence-corrected chi connectivity index (χ1v) is 6.45. The Balaban J connectivity index is 2.36. The van der Waals surface area contributed by atoms with E-state index in [0.717, 1.165) is 16.6 Å². The number of anilines is 1. The highest BCUT2D eigenvalue weighted by molar-refractivity contribution is 9.10. The molecule has 18 heavy (non-hydrogen) atoms. The van der Waals surface area contributed by atoms with Gasteiger partial charge in [-0.1, -0.05) is 25.1 Å². The van der Waals surface area contributed by atoms with Crippen molar-refractivity contribution in [2.75, 3.05) is 5.73 Å². The first kappa shape index (κ1) is 13.0. The second-order valence-corrected chi connectivity index (χ2v) is 4.70. The van der Waals surface area contributed by atoms with E-state index in [0.29, 0.717) is 23.6 Å². The largest absolute Gasteiger partial charge is 0.383 e. The van der Waals surface area contributed by atoms with E-state index in [-0.39, 0.29) is 5.82 Å². The second-order valence-electron chi connectivity index (χ2n) is 3.91. The SMILES string of the molecule is CCc1nc(Cc2ccccc2F)nc(N)c1Br. The van der Waals surface area contributed by atoms with Crippen molar-refractivity contribution >= 4 is 21.7 Å². The molecule has 0 unspecified atom stereocenters. The van der Waals surface area contributed by atoms with Gasteiger partial charge in [-0.3, -0.25) is 0 Å². The van der Waals surface area contributed by atoms with Gasteiger partial charge in [0.25, 0.3) is 0 Å². The summed E-state index contributed by atoms with van der Waals surface area (Å²) < 4.78 is 14.3. The topological polar surface area (TPSA) is 51.8 Å². The molecule has 0 saturated heterocycles. The molecule has 0 amide bonds. The Labute approximate surface area is 113 Å². The summed E-state index contributed by atoms with van der Waals surface area (Å²) in [6.07, 6.45) is 1.09. The van der Waals surface area contributed by atoms with E-state index in [9.17, 15) is 4.39 Å². The third-order valence-corrected chi connectivity index (χ3v) is 3.50. The van der Waals surface area contributed by atoms with E-state index in [1.54, 1.807) is 18.2 Å². The number of halogens is 2. The van der Waals surface area contributed by atoms with Gasteiger partial charge < -0.3 is 5.73 Å².